The van der Waals surface area contributed by atoms with E-state index in [1.165, 1.54) is 11.3 Å². The normalized spacial score (nSPS) is 12.8. The van der Waals surface area contributed by atoms with Crippen molar-refractivity contribution in [3.63, 3.8) is 0 Å². The van der Waals surface area contributed by atoms with Gasteiger partial charge in [0.25, 0.3) is 5.89 Å². The molecule has 0 bridgehead atoms. The molecule has 2 aromatic heterocycles. The van der Waals surface area contributed by atoms with Crippen molar-refractivity contribution in [2.24, 2.45) is 5.73 Å². The largest absolute Gasteiger partial charge is 0.379 e. The Labute approximate surface area is 114 Å². The van der Waals surface area contributed by atoms with Gasteiger partial charge in [-0.05, 0) is 17.9 Å². The molecule has 18 heavy (non-hydrogen) atoms. The summed E-state index contributed by atoms with van der Waals surface area (Å²) in [6.45, 7) is 3.09. The summed E-state index contributed by atoms with van der Waals surface area (Å²) in [6, 6.07) is 1.41. The fraction of sp³-hybridized carbons (Fsp3) is 0.455. The molecule has 1 atom stereocenters. The summed E-state index contributed by atoms with van der Waals surface area (Å²) >= 11 is 7.44. The minimum absolute atomic E-state index is 0.380. The summed E-state index contributed by atoms with van der Waals surface area (Å²) < 4.78 is 10.5. The zero-order valence-electron chi connectivity index (χ0n) is 9.93. The van der Waals surface area contributed by atoms with E-state index in [1.807, 2.05) is 12.3 Å². The van der Waals surface area contributed by atoms with Crippen molar-refractivity contribution in [2.75, 3.05) is 13.2 Å². The summed E-state index contributed by atoms with van der Waals surface area (Å²) in [4.78, 5) is 5.00. The molecule has 0 radical (unpaired) electrons. The number of thiophene rings is 1. The van der Waals surface area contributed by atoms with Crippen LogP contribution in [-0.4, -0.2) is 23.4 Å². The molecule has 2 aromatic rings. The Bertz CT molecular complexity index is 500. The van der Waals surface area contributed by atoms with Crippen LogP contribution in [0.1, 0.15) is 25.2 Å². The van der Waals surface area contributed by atoms with Crippen LogP contribution in [0, 0.1) is 0 Å². The summed E-state index contributed by atoms with van der Waals surface area (Å²) in [7, 11) is 0. The standard InChI is InChI=1S/C11H14ClN3O2S/c1-2-4-16-6-8(13)10-14-11(17-15-10)9-7(12)3-5-18-9/h3,5,8H,2,4,6,13H2,1H3. The van der Waals surface area contributed by atoms with Crippen molar-refractivity contribution in [1.82, 2.24) is 10.1 Å². The highest BCUT2D eigenvalue weighted by molar-refractivity contribution is 7.14. The number of ether oxygens (including phenoxy) is 1. The summed E-state index contributed by atoms with van der Waals surface area (Å²) in [5.41, 5.74) is 5.90. The molecule has 7 heteroatoms. The van der Waals surface area contributed by atoms with Gasteiger partial charge >= 0.3 is 0 Å². The van der Waals surface area contributed by atoms with E-state index in [-0.39, 0.29) is 6.04 Å². The maximum Gasteiger partial charge on any atom is 0.269 e. The lowest BCUT2D eigenvalue weighted by Crippen LogP contribution is -2.18. The quantitative estimate of drug-likeness (QED) is 0.827. The molecule has 98 valence electrons. The van der Waals surface area contributed by atoms with Crippen LogP contribution in [0.25, 0.3) is 10.8 Å². The van der Waals surface area contributed by atoms with Crippen LogP contribution in [0.4, 0.5) is 0 Å². The summed E-state index contributed by atoms with van der Waals surface area (Å²) in [6.07, 6.45) is 0.953. The van der Waals surface area contributed by atoms with Gasteiger partial charge in [-0.2, -0.15) is 4.98 Å². The van der Waals surface area contributed by atoms with Gasteiger partial charge in [0.2, 0.25) is 0 Å². The number of halogens is 1. The second kappa shape index (κ2) is 6.29. The van der Waals surface area contributed by atoms with Gasteiger partial charge in [-0.3, -0.25) is 0 Å². The van der Waals surface area contributed by atoms with Gasteiger partial charge in [0, 0.05) is 6.61 Å². The van der Waals surface area contributed by atoms with Gasteiger partial charge in [-0.25, -0.2) is 0 Å². The molecule has 2 N–H and O–H groups in total. The number of nitrogens with zero attached hydrogens (tertiary/aromatic N) is 2. The van der Waals surface area contributed by atoms with Crippen LogP contribution in [0.2, 0.25) is 5.02 Å². The Morgan fingerprint density at radius 2 is 2.44 bits per heavy atom. The van der Waals surface area contributed by atoms with Gasteiger partial charge in [0.05, 0.1) is 17.7 Å². The number of hydrogen-bond acceptors (Lipinski definition) is 6. The van der Waals surface area contributed by atoms with E-state index in [1.54, 1.807) is 6.07 Å². The van der Waals surface area contributed by atoms with Crippen molar-refractivity contribution >= 4 is 22.9 Å². The molecule has 5 nitrogen and oxygen atoms in total. The topological polar surface area (TPSA) is 74.2 Å². The predicted molar refractivity (Wildman–Crippen MR) is 70.7 cm³/mol. The first-order chi connectivity index (χ1) is 8.72. The summed E-state index contributed by atoms with van der Waals surface area (Å²) in [5, 5.41) is 6.32. The van der Waals surface area contributed by atoms with Gasteiger partial charge in [-0.1, -0.05) is 23.7 Å². The monoisotopic (exact) mass is 287 g/mol. The Kier molecular flexibility index (Phi) is 4.71. The molecular formula is C11H14ClN3O2S. The first kappa shape index (κ1) is 13.5. The second-order valence-corrected chi connectivity index (χ2v) is 5.06. The molecule has 2 heterocycles. The van der Waals surface area contributed by atoms with E-state index in [0.29, 0.717) is 30.0 Å². The molecule has 1 unspecified atom stereocenters. The lowest BCUT2D eigenvalue weighted by molar-refractivity contribution is 0.119. The molecule has 0 aliphatic heterocycles. The number of aromatic nitrogens is 2. The Morgan fingerprint density at radius 1 is 1.61 bits per heavy atom. The van der Waals surface area contributed by atoms with Crippen LogP contribution < -0.4 is 5.73 Å². The fourth-order valence-electron chi connectivity index (χ4n) is 1.35. The maximum atomic E-state index is 5.99. The van der Waals surface area contributed by atoms with E-state index in [9.17, 15) is 0 Å². The van der Waals surface area contributed by atoms with Crippen molar-refractivity contribution in [2.45, 2.75) is 19.4 Å². The van der Waals surface area contributed by atoms with Gasteiger partial charge < -0.3 is 15.0 Å². The van der Waals surface area contributed by atoms with E-state index < -0.39 is 0 Å². The van der Waals surface area contributed by atoms with Crippen LogP contribution >= 0.6 is 22.9 Å². The average Bonchev–Trinajstić information content (AvgIpc) is 2.97. The third-order valence-corrected chi connectivity index (χ3v) is 3.56. The van der Waals surface area contributed by atoms with Crippen molar-refractivity contribution in [1.29, 1.82) is 0 Å². The Balaban J connectivity index is 2.04. The number of rotatable bonds is 6. The van der Waals surface area contributed by atoms with Crippen LogP contribution in [0.15, 0.2) is 16.0 Å². The minimum Gasteiger partial charge on any atom is -0.379 e. The first-order valence-electron chi connectivity index (χ1n) is 5.62. The van der Waals surface area contributed by atoms with Gasteiger partial charge in [0.1, 0.15) is 4.88 Å². The molecule has 0 saturated heterocycles. The van der Waals surface area contributed by atoms with Gasteiger partial charge in [-0.15, -0.1) is 11.3 Å². The fourth-order valence-corrected chi connectivity index (χ4v) is 2.41. The maximum absolute atomic E-state index is 5.99. The Hall–Kier alpha value is -0.950. The van der Waals surface area contributed by atoms with Crippen LogP contribution in [0.5, 0.6) is 0 Å². The molecule has 2 rings (SSSR count). The molecule has 0 aromatic carbocycles. The smallest absolute Gasteiger partial charge is 0.269 e. The lowest BCUT2D eigenvalue weighted by Gasteiger charge is -2.06. The highest BCUT2D eigenvalue weighted by atomic mass is 35.5. The highest BCUT2D eigenvalue weighted by Crippen LogP contribution is 2.32. The lowest BCUT2D eigenvalue weighted by atomic mass is 10.3. The van der Waals surface area contributed by atoms with E-state index in [2.05, 4.69) is 10.1 Å². The van der Waals surface area contributed by atoms with Crippen molar-refractivity contribution < 1.29 is 9.26 Å². The van der Waals surface area contributed by atoms with Crippen LogP contribution in [-0.2, 0) is 4.74 Å². The third kappa shape index (κ3) is 3.08. The van der Waals surface area contributed by atoms with Crippen molar-refractivity contribution in [3.8, 4) is 10.8 Å². The third-order valence-electron chi connectivity index (χ3n) is 2.23. The SMILES string of the molecule is CCCOCC(N)c1noc(-c2sccc2Cl)n1. The molecule has 0 aliphatic carbocycles. The van der Waals surface area contributed by atoms with E-state index in [4.69, 9.17) is 26.6 Å². The average molecular weight is 288 g/mol. The molecule has 0 saturated carbocycles. The summed E-state index contributed by atoms with van der Waals surface area (Å²) in [5.74, 6) is 0.835. The molecular weight excluding hydrogens is 274 g/mol. The van der Waals surface area contributed by atoms with E-state index >= 15 is 0 Å². The number of nitrogens with two attached hydrogens (primary N) is 1. The van der Waals surface area contributed by atoms with E-state index in [0.717, 1.165) is 11.3 Å². The molecule has 0 fully saturated rings. The molecule has 0 aliphatic rings. The van der Waals surface area contributed by atoms with Gasteiger partial charge in [0.15, 0.2) is 5.82 Å². The molecule has 0 spiro atoms. The Morgan fingerprint density at radius 3 is 3.11 bits per heavy atom. The second-order valence-electron chi connectivity index (χ2n) is 3.74. The zero-order chi connectivity index (χ0) is 13.0. The first-order valence-corrected chi connectivity index (χ1v) is 6.88. The number of hydrogen-bond donors (Lipinski definition) is 1. The molecule has 0 amide bonds. The van der Waals surface area contributed by atoms with Crippen molar-refractivity contribution in [3.05, 3.63) is 22.3 Å². The zero-order valence-corrected chi connectivity index (χ0v) is 11.5. The highest BCUT2D eigenvalue weighted by Gasteiger charge is 2.17. The minimum atomic E-state index is -0.382. The predicted octanol–water partition coefficient (Wildman–Crippen LogP) is 2.88. The van der Waals surface area contributed by atoms with Crippen LogP contribution in [0.3, 0.4) is 0 Å².